The second-order valence-corrected chi connectivity index (χ2v) is 6.34. The van der Waals surface area contributed by atoms with Crippen LogP contribution in [-0.4, -0.2) is 50.3 Å². The number of benzene rings is 1. The molecule has 7 heteroatoms. The maximum atomic E-state index is 12.1. The molecular weight excluding hydrogens is 352 g/mol. The van der Waals surface area contributed by atoms with Crippen molar-refractivity contribution in [2.75, 3.05) is 13.7 Å². The van der Waals surface area contributed by atoms with E-state index < -0.39 is 42.5 Å². The molecule has 2 unspecified atom stereocenters. The van der Waals surface area contributed by atoms with Gasteiger partial charge in [-0.2, -0.15) is 0 Å². The molecule has 1 saturated heterocycles. The van der Waals surface area contributed by atoms with Gasteiger partial charge in [-0.05, 0) is 12.5 Å². The van der Waals surface area contributed by atoms with Crippen LogP contribution < -0.4 is 0 Å². The Bertz CT molecular complexity index is 630. The third kappa shape index (κ3) is 5.55. The fraction of sp³-hybridized carbons (Fsp3) is 0.500. The Morgan fingerprint density at radius 3 is 2.52 bits per heavy atom. The molecule has 1 fully saturated rings. The van der Waals surface area contributed by atoms with E-state index in [1.165, 1.54) is 13.2 Å². The highest BCUT2D eigenvalue weighted by molar-refractivity contribution is 5.75. The molecular formula is C20H26O7. The van der Waals surface area contributed by atoms with Crippen LogP contribution in [0.5, 0.6) is 0 Å². The van der Waals surface area contributed by atoms with Crippen LogP contribution in [0.1, 0.15) is 19.4 Å². The number of hydrogen-bond donors (Lipinski definition) is 0. The zero-order valence-corrected chi connectivity index (χ0v) is 15.8. The molecule has 7 nitrogen and oxygen atoms in total. The predicted molar refractivity (Wildman–Crippen MR) is 97.0 cm³/mol. The highest BCUT2D eigenvalue weighted by Gasteiger charge is 2.48. The highest BCUT2D eigenvalue weighted by atomic mass is 16.7. The first-order valence-electron chi connectivity index (χ1n) is 8.81. The van der Waals surface area contributed by atoms with Crippen molar-refractivity contribution in [2.24, 2.45) is 5.92 Å². The lowest BCUT2D eigenvalue weighted by Gasteiger charge is -2.42. The second kappa shape index (κ2) is 10.1. The summed E-state index contributed by atoms with van der Waals surface area (Å²) in [6, 6.07) is 9.59. The minimum atomic E-state index is -0.840. The SMILES string of the molecule is C=CCOC(=O)OC1[C@H](C)OC(C(=O)OC)[C@@H](C)[C@@H]1OCc1ccccc1. The number of ether oxygens (including phenoxy) is 5. The Labute approximate surface area is 159 Å². The molecule has 0 spiro atoms. The van der Waals surface area contributed by atoms with Crippen LogP contribution in [0.25, 0.3) is 0 Å². The Morgan fingerprint density at radius 2 is 1.89 bits per heavy atom. The molecule has 0 N–H and O–H groups in total. The summed E-state index contributed by atoms with van der Waals surface area (Å²) in [7, 11) is 1.30. The molecule has 0 saturated carbocycles. The van der Waals surface area contributed by atoms with E-state index in [0.29, 0.717) is 6.61 Å². The highest BCUT2D eigenvalue weighted by Crippen LogP contribution is 2.31. The average molecular weight is 378 g/mol. The Hall–Kier alpha value is -2.38. The molecule has 1 aliphatic rings. The molecule has 0 radical (unpaired) electrons. The van der Waals surface area contributed by atoms with Crippen molar-refractivity contribution in [3.63, 3.8) is 0 Å². The topological polar surface area (TPSA) is 80.3 Å². The van der Waals surface area contributed by atoms with E-state index in [9.17, 15) is 9.59 Å². The Balaban J connectivity index is 2.15. The predicted octanol–water partition coefficient (Wildman–Crippen LogP) is 2.88. The van der Waals surface area contributed by atoms with Gasteiger partial charge >= 0.3 is 12.1 Å². The lowest BCUT2D eigenvalue weighted by atomic mass is 9.88. The molecule has 2 rings (SSSR count). The van der Waals surface area contributed by atoms with Crippen LogP contribution >= 0.6 is 0 Å². The van der Waals surface area contributed by atoms with Gasteiger partial charge in [-0.1, -0.05) is 49.9 Å². The quantitative estimate of drug-likeness (QED) is 0.533. The van der Waals surface area contributed by atoms with Crippen molar-refractivity contribution in [3.05, 3.63) is 48.6 Å². The van der Waals surface area contributed by atoms with Gasteiger partial charge < -0.3 is 23.7 Å². The van der Waals surface area contributed by atoms with Gasteiger partial charge in [0.25, 0.3) is 0 Å². The molecule has 27 heavy (non-hydrogen) atoms. The van der Waals surface area contributed by atoms with Crippen LogP contribution in [0.2, 0.25) is 0 Å². The second-order valence-electron chi connectivity index (χ2n) is 6.34. The smallest absolute Gasteiger partial charge is 0.467 e. The van der Waals surface area contributed by atoms with E-state index >= 15 is 0 Å². The summed E-state index contributed by atoms with van der Waals surface area (Å²) < 4.78 is 27.0. The summed E-state index contributed by atoms with van der Waals surface area (Å²) in [5.41, 5.74) is 0.964. The normalized spacial score (nSPS) is 27.4. The number of carbonyl (C=O) groups is 2. The molecule has 0 amide bonds. The summed E-state index contributed by atoms with van der Waals surface area (Å²) in [4.78, 5) is 24.0. The minimum absolute atomic E-state index is 0.0384. The summed E-state index contributed by atoms with van der Waals surface area (Å²) in [6.45, 7) is 7.35. The first kappa shape index (κ1) is 20.9. The minimum Gasteiger partial charge on any atom is -0.467 e. The van der Waals surface area contributed by atoms with Gasteiger partial charge in [0.2, 0.25) is 0 Å². The molecule has 1 heterocycles. The van der Waals surface area contributed by atoms with Crippen LogP contribution in [0.3, 0.4) is 0 Å². The molecule has 5 atom stereocenters. The molecule has 148 valence electrons. The third-order valence-electron chi connectivity index (χ3n) is 4.41. The molecule has 0 bridgehead atoms. The van der Waals surface area contributed by atoms with Gasteiger partial charge in [0.1, 0.15) is 12.7 Å². The molecule has 0 aromatic heterocycles. The van der Waals surface area contributed by atoms with E-state index in [2.05, 4.69) is 6.58 Å². The number of esters is 1. The summed E-state index contributed by atoms with van der Waals surface area (Å²) in [6.07, 6.45) is -2.10. The van der Waals surface area contributed by atoms with E-state index in [1.807, 2.05) is 30.3 Å². The number of rotatable bonds is 7. The first-order valence-corrected chi connectivity index (χ1v) is 8.81. The van der Waals surface area contributed by atoms with Gasteiger partial charge in [-0.15, -0.1) is 0 Å². The van der Waals surface area contributed by atoms with Gasteiger partial charge in [0, 0.05) is 5.92 Å². The zero-order valence-electron chi connectivity index (χ0n) is 15.8. The number of methoxy groups -OCH3 is 1. The molecule has 1 aromatic rings. The van der Waals surface area contributed by atoms with E-state index in [-0.39, 0.29) is 6.61 Å². The van der Waals surface area contributed by atoms with Crippen molar-refractivity contribution in [1.82, 2.24) is 0 Å². The fourth-order valence-corrected chi connectivity index (χ4v) is 3.01. The lowest BCUT2D eigenvalue weighted by Crippen LogP contribution is -2.57. The van der Waals surface area contributed by atoms with Crippen molar-refractivity contribution in [3.8, 4) is 0 Å². The average Bonchev–Trinajstić information content (AvgIpc) is 2.68. The van der Waals surface area contributed by atoms with E-state index in [4.69, 9.17) is 23.7 Å². The van der Waals surface area contributed by atoms with Crippen LogP contribution in [0, 0.1) is 5.92 Å². The Morgan fingerprint density at radius 1 is 1.19 bits per heavy atom. The van der Waals surface area contributed by atoms with Crippen molar-refractivity contribution in [2.45, 2.75) is 44.9 Å². The van der Waals surface area contributed by atoms with E-state index in [1.54, 1.807) is 13.8 Å². The van der Waals surface area contributed by atoms with Gasteiger partial charge in [-0.25, -0.2) is 9.59 Å². The van der Waals surface area contributed by atoms with Crippen molar-refractivity contribution < 1.29 is 33.3 Å². The Kier molecular flexibility index (Phi) is 7.82. The lowest BCUT2D eigenvalue weighted by molar-refractivity contribution is -0.221. The van der Waals surface area contributed by atoms with E-state index in [0.717, 1.165) is 5.56 Å². The molecule has 0 aliphatic carbocycles. The van der Waals surface area contributed by atoms with Crippen LogP contribution in [-0.2, 0) is 35.1 Å². The molecule has 1 aromatic carbocycles. The van der Waals surface area contributed by atoms with Crippen molar-refractivity contribution >= 4 is 12.1 Å². The van der Waals surface area contributed by atoms with Gasteiger partial charge in [0.05, 0.1) is 19.8 Å². The first-order chi connectivity index (χ1) is 13.0. The summed E-state index contributed by atoms with van der Waals surface area (Å²) in [5.74, 6) is -0.884. The maximum absolute atomic E-state index is 12.1. The summed E-state index contributed by atoms with van der Waals surface area (Å²) >= 11 is 0. The molecule has 1 aliphatic heterocycles. The monoisotopic (exact) mass is 378 g/mol. The van der Waals surface area contributed by atoms with Crippen molar-refractivity contribution in [1.29, 1.82) is 0 Å². The zero-order chi connectivity index (χ0) is 19.8. The summed E-state index contributed by atoms with van der Waals surface area (Å²) in [5, 5.41) is 0. The van der Waals surface area contributed by atoms with Crippen LogP contribution in [0.15, 0.2) is 43.0 Å². The standard InChI is InChI=1S/C20H26O7/c1-5-11-24-20(22)27-18-14(3)26-17(19(21)23-4)13(2)16(18)25-12-15-9-7-6-8-10-15/h5-10,13-14,16-18H,1,11-12H2,2-4H3/t13-,14-,16-,17?,18?/m0/s1. The van der Waals surface area contributed by atoms with Crippen LogP contribution in [0.4, 0.5) is 4.79 Å². The van der Waals surface area contributed by atoms with Gasteiger partial charge in [-0.3, -0.25) is 0 Å². The number of hydrogen-bond acceptors (Lipinski definition) is 7. The largest absolute Gasteiger partial charge is 0.509 e. The van der Waals surface area contributed by atoms with Gasteiger partial charge in [0.15, 0.2) is 12.2 Å². The maximum Gasteiger partial charge on any atom is 0.509 e. The third-order valence-corrected chi connectivity index (χ3v) is 4.41. The number of carbonyl (C=O) groups excluding carboxylic acids is 2. The fourth-order valence-electron chi connectivity index (χ4n) is 3.01.